The molecule has 0 spiro atoms. The predicted octanol–water partition coefficient (Wildman–Crippen LogP) is 3.52. The maximum atomic E-state index is 12.9. The van der Waals surface area contributed by atoms with Gasteiger partial charge < -0.3 is 9.72 Å². The largest absolute Gasteiger partial charge is 0.496 e. The smallest absolute Gasteiger partial charge is 0.262 e. The van der Waals surface area contributed by atoms with E-state index in [0.717, 1.165) is 18.5 Å². The van der Waals surface area contributed by atoms with E-state index in [-0.39, 0.29) is 11.3 Å². The van der Waals surface area contributed by atoms with Crippen LogP contribution >= 0.6 is 0 Å². The topological polar surface area (TPSA) is 92.7 Å². The van der Waals surface area contributed by atoms with E-state index >= 15 is 0 Å². The molecule has 2 aromatic heterocycles. The van der Waals surface area contributed by atoms with Crippen molar-refractivity contribution in [1.29, 1.82) is 0 Å². The minimum Gasteiger partial charge on any atom is -0.496 e. The standard InChI is InChI=1S/C19H21N4O3/c1-23-18-15(16(22-23)11-6-4-3-5-7-11)19(25)21-17(20-18)13-9-8-12(24)10-14(13)26-2/h8-11H,3-7H2,1-2H3,(H,20,21,25). The predicted molar refractivity (Wildman–Crippen MR) is 97.1 cm³/mol. The molecule has 0 aliphatic heterocycles. The number of aryl methyl sites for hydroxylation is 1. The highest BCUT2D eigenvalue weighted by atomic mass is 16.5. The Morgan fingerprint density at radius 1 is 1.23 bits per heavy atom. The first-order chi connectivity index (χ1) is 12.6. The fraction of sp³-hybridized carbons (Fsp3) is 0.421. The van der Waals surface area contributed by atoms with Gasteiger partial charge in [-0.2, -0.15) is 5.10 Å². The van der Waals surface area contributed by atoms with Crippen LogP contribution in [0.1, 0.15) is 43.7 Å². The van der Waals surface area contributed by atoms with Crippen molar-refractivity contribution in [3.05, 3.63) is 34.2 Å². The van der Waals surface area contributed by atoms with Gasteiger partial charge in [-0.25, -0.2) is 9.67 Å². The van der Waals surface area contributed by atoms with E-state index in [1.165, 1.54) is 38.5 Å². The lowest BCUT2D eigenvalue weighted by molar-refractivity contribution is 0.349. The zero-order valence-electron chi connectivity index (χ0n) is 14.9. The zero-order valence-corrected chi connectivity index (χ0v) is 14.9. The van der Waals surface area contributed by atoms with E-state index in [1.807, 2.05) is 7.05 Å². The minimum absolute atomic E-state index is 0.158. The molecule has 0 bridgehead atoms. The van der Waals surface area contributed by atoms with Gasteiger partial charge in [0.05, 0.1) is 18.4 Å². The van der Waals surface area contributed by atoms with Crippen LogP contribution in [-0.2, 0) is 12.2 Å². The summed E-state index contributed by atoms with van der Waals surface area (Å²) in [5.41, 5.74) is 1.78. The SMILES string of the molecule is COc1cc([O])ccc1-c1nc2c(c(C3CCCCC3)nn2C)c(=O)[nH]1. The number of ether oxygens (including phenoxy) is 1. The Hall–Kier alpha value is -2.83. The zero-order chi connectivity index (χ0) is 18.3. The van der Waals surface area contributed by atoms with Gasteiger partial charge in [-0.1, -0.05) is 19.3 Å². The highest BCUT2D eigenvalue weighted by Crippen LogP contribution is 2.35. The van der Waals surface area contributed by atoms with Crippen molar-refractivity contribution in [1.82, 2.24) is 19.7 Å². The van der Waals surface area contributed by atoms with Gasteiger partial charge in [-0.05, 0) is 25.0 Å². The van der Waals surface area contributed by atoms with Gasteiger partial charge in [-0.3, -0.25) is 9.90 Å². The summed E-state index contributed by atoms with van der Waals surface area (Å²) in [7, 11) is 3.29. The van der Waals surface area contributed by atoms with Gasteiger partial charge in [0, 0.05) is 19.0 Å². The molecule has 26 heavy (non-hydrogen) atoms. The average Bonchev–Trinajstić information content (AvgIpc) is 2.99. The Morgan fingerprint density at radius 2 is 2.00 bits per heavy atom. The monoisotopic (exact) mass is 353 g/mol. The molecular weight excluding hydrogens is 332 g/mol. The van der Waals surface area contributed by atoms with Crippen molar-refractivity contribution in [2.75, 3.05) is 7.11 Å². The molecule has 0 saturated heterocycles. The number of benzene rings is 1. The van der Waals surface area contributed by atoms with E-state index in [9.17, 15) is 9.90 Å². The molecule has 0 amide bonds. The van der Waals surface area contributed by atoms with Crippen LogP contribution in [0.15, 0.2) is 23.0 Å². The van der Waals surface area contributed by atoms with E-state index in [0.29, 0.717) is 34.1 Å². The second-order valence-electron chi connectivity index (χ2n) is 6.82. The van der Waals surface area contributed by atoms with Crippen molar-refractivity contribution in [3.63, 3.8) is 0 Å². The Bertz CT molecular complexity index is 1020. The first-order valence-corrected chi connectivity index (χ1v) is 8.91. The normalized spacial score (nSPS) is 15.5. The van der Waals surface area contributed by atoms with Gasteiger partial charge in [0.2, 0.25) is 0 Å². The molecule has 1 aromatic carbocycles. The summed E-state index contributed by atoms with van der Waals surface area (Å²) >= 11 is 0. The molecular formula is C19H21N4O3. The molecule has 1 N–H and O–H groups in total. The number of hydrogen-bond donors (Lipinski definition) is 1. The van der Waals surface area contributed by atoms with Crippen LogP contribution in [0.4, 0.5) is 0 Å². The first kappa shape index (κ1) is 16.6. The van der Waals surface area contributed by atoms with Crippen molar-refractivity contribution >= 4 is 11.0 Å². The summed E-state index contributed by atoms with van der Waals surface area (Å²) in [4.78, 5) is 20.3. The van der Waals surface area contributed by atoms with E-state index < -0.39 is 0 Å². The third-order valence-electron chi connectivity index (χ3n) is 5.14. The van der Waals surface area contributed by atoms with Gasteiger partial charge in [-0.15, -0.1) is 0 Å². The summed E-state index contributed by atoms with van der Waals surface area (Å²) in [6, 6.07) is 4.43. The molecule has 1 aliphatic rings. The molecule has 1 radical (unpaired) electrons. The molecule has 4 rings (SSSR count). The van der Waals surface area contributed by atoms with Crippen LogP contribution < -0.4 is 10.3 Å². The van der Waals surface area contributed by atoms with E-state index in [2.05, 4.69) is 15.1 Å². The fourth-order valence-corrected chi connectivity index (χ4v) is 3.84. The number of aromatic nitrogens is 4. The number of H-pyrrole nitrogens is 1. The van der Waals surface area contributed by atoms with Gasteiger partial charge in [0.15, 0.2) is 11.4 Å². The Labute approximate surface area is 150 Å². The Morgan fingerprint density at radius 3 is 2.73 bits per heavy atom. The lowest BCUT2D eigenvalue weighted by Gasteiger charge is -2.19. The number of aromatic amines is 1. The lowest BCUT2D eigenvalue weighted by atomic mass is 9.86. The maximum Gasteiger partial charge on any atom is 0.262 e. The number of fused-ring (bicyclic) bond motifs is 1. The van der Waals surface area contributed by atoms with Gasteiger partial charge in [0.1, 0.15) is 17.0 Å². The quantitative estimate of drug-likeness (QED) is 0.779. The fourth-order valence-electron chi connectivity index (χ4n) is 3.84. The Balaban J connectivity index is 1.88. The maximum absolute atomic E-state index is 12.9. The van der Waals surface area contributed by atoms with Gasteiger partial charge >= 0.3 is 0 Å². The molecule has 1 aliphatic carbocycles. The number of hydrogen-bond acceptors (Lipinski definition) is 4. The number of nitrogens with one attached hydrogen (secondary N) is 1. The molecule has 0 atom stereocenters. The average molecular weight is 353 g/mol. The third kappa shape index (κ3) is 2.73. The summed E-state index contributed by atoms with van der Waals surface area (Å²) in [5, 5.41) is 16.7. The summed E-state index contributed by atoms with van der Waals surface area (Å²) in [6.45, 7) is 0. The summed E-state index contributed by atoms with van der Waals surface area (Å²) < 4.78 is 6.95. The van der Waals surface area contributed by atoms with Crippen LogP contribution in [-0.4, -0.2) is 26.9 Å². The van der Waals surface area contributed by atoms with E-state index in [1.54, 1.807) is 10.7 Å². The van der Waals surface area contributed by atoms with Crippen LogP contribution in [0.5, 0.6) is 11.5 Å². The highest BCUT2D eigenvalue weighted by Gasteiger charge is 2.25. The molecule has 2 heterocycles. The number of rotatable bonds is 3. The molecule has 0 unspecified atom stereocenters. The Kier molecular flexibility index (Phi) is 4.14. The second kappa shape index (κ2) is 6.48. The summed E-state index contributed by atoms with van der Waals surface area (Å²) in [6.07, 6.45) is 5.71. The molecule has 135 valence electrons. The van der Waals surface area contributed by atoms with E-state index in [4.69, 9.17) is 4.74 Å². The summed E-state index contributed by atoms with van der Waals surface area (Å²) in [5.74, 6) is 0.914. The highest BCUT2D eigenvalue weighted by molar-refractivity contribution is 5.80. The van der Waals surface area contributed by atoms with Crippen molar-refractivity contribution in [2.24, 2.45) is 7.05 Å². The van der Waals surface area contributed by atoms with Gasteiger partial charge in [0.25, 0.3) is 5.56 Å². The number of methoxy groups -OCH3 is 1. The van der Waals surface area contributed by atoms with Crippen molar-refractivity contribution in [3.8, 4) is 22.9 Å². The molecule has 1 saturated carbocycles. The van der Waals surface area contributed by atoms with Crippen LogP contribution in [0.3, 0.4) is 0 Å². The molecule has 1 fully saturated rings. The molecule has 7 nitrogen and oxygen atoms in total. The van der Waals surface area contributed by atoms with Crippen molar-refractivity contribution in [2.45, 2.75) is 38.0 Å². The first-order valence-electron chi connectivity index (χ1n) is 8.91. The van der Waals surface area contributed by atoms with Crippen LogP contribution in [0, 0.1) is 0 Å². The van der Waals surface area contributed by atoms with Crippen molar-refractivity contribution < 1.29 is 9.84 Å². The number of nitrogens with zero attached hydrogens (tertiary/aromatic N) is 3. The van der Waals surface area contributed by atoms with Crippen LogP contribution in [0.2, 0.25) is 0 Å². The second-order valence-corrected chi connectivity index (χ2v) is 6.82. The minimum atomic E-state index is -0.202. The van der Waals surface area contributed by atoms with Crippen LogP contribution in [0.25, 0.3) is 22.4 Å². The lowest BCUT2D eigenvalue weighted by Crippen LogP contribution is -2.13. The molecule has 3 aromatic rings. The third-order valence-corrected chi connectivity index (χ3v) is 5.14. The molecule has 7 heteroatoms.